The maximum Gasteiger partial charge on any atom is 0.328 e. The van der Waals surface area contributed by atoms with E-state index in [0.717, 1.165) is 11.5 Å². The summed E-state index contributed by atoms with van der Waals surface area (Å²) >= 11 is 0. The van der Waals surface area contributed by atoms with Crippen molar-refractivity contribution in [2.45, 2.75) is 6.29 Å². The summed E-state index contributed by atoms with van der Waals surface area (Å²) in [6.07, 6.45) is 0.782. The van der Waals surface area contributed by atoms with E-state index in [1.165, 1.54) is 0 Å². The van der Waals surface area contributed by atoms with Crippen molar-refractivity contribution in [2.24, 2.45) is 0 Å². The van der Waals surface area contributed by atoms with Gasteiger partial charge < -0.3 is 24.6 Å². The normalized spacial score (nSPS) is 10.4. The van der Waals surface area contributed by atoms with Crippen LogP contribution in [0.4, 0.5) is 0 Å². The molecule has 0 aliphatic heterocycles. The van der Waals surface area contributed by atoms with E-state index in [2.05, 4.69) is 0 Å². The maximum absolute atomic E-state index is 9.55. The molecule has 0 unspecified atom stereocenters. The first-order chi connectivity index (χ1) is 12.9. The largest absolute Gasteiger partial charge is 0.478 e. The summed E-state index contributed by atoms with van der Waals surface area (Å²) in [5, 5.41) is 15.6. The molecule has 2 aromatic carbocycles. The lowest BCUT2D eigenvalue weighted by Crippen LogP contribution is -2.35. The van der Waals surface area contributed by atoms with Crippen molar-refractivity contribution in [2.75, 3.05) is 20.6 Å². The van der Waals surface area contributed by atoms with Crippen LogP contribution in [-0.4, -0.2) is 54.0 Å². The number of rotatable bonds is 8. The molecular formula is C20H23NO6. The lowest BCUT2D eigenvalue weighted by molar-refractivity contribution is -0.134. The van der Waals surface area contributed by atoms with Crippen molar-refractivity contribution in [3.05, 3.63) is 72.8 Å². The third-order valence-corrected chi connectivity index (χ3v) is 2.90. The molecule has 7 nitrogen and oxygen atoms in total. The number of likely N-dealkylation sites (N-methyl/N-ethyl adjacent to an activating group) is 1. The van der Waals surface area contributed by atoms with E-state index < -0.39 is 11.9 Å². The highest BCUT2D eigenvalue weighted by atomic mass is 16.7. The fraction of sp³-hybridized carbons (Fsp3) is 0.200. The molecule has 0 saturated carbocycles. The Balaban J connectivity index is 0.000000387. The number of carbonyl (C=O) groups is 2. The van der Waals surface area contributed by atoms with Gasteiger partial charge in [0.2, 0.25) is 0 Å². The Morgan fingerprint density at radius 1 is 0.852 bits per heavy atom. The van der Waals surface area contributed by atoms with Crippen LogP contribution in [0.15, 0.2) is 72.8 Å². The zero-order valence-corrected chi connectivity index (χ0v) is 15.2. The van der Waals surface area contributed by atoms with Crippen molar-refractivity contribution in [3.63, 3.8) is 0 Å². The number of carboxylic acids is 2. The van der Waals surface area contributed by atoms with Crippen LogP contribution in [-0.2, 0) is 9.59 Å². The third kappa shape index (κ3) is 11.0. The Labute approximate surface area is 158 Å². The first-order valence-corrected chi connectivity index (χ1v) is 8.09. The van der Waals surface area contributed by atoms with Crippen molar-refractivity contribution in [3.8, 4) is 11.5 Å². The Bertz CT molecular complexity index is 658. The first kappa shape index (κ1) is 21.7. The van der Waals surface area contributed by atoms with Gasteiger partial charge in [0.1, 0.15) is 11.5 Å². The fourth-order valence-corrected chi connectivity index (χ4v) is 1.84. The van der Waals surface area contributed by atoms with E-state index in [1.54, 1.807) is 0 Å². The zero-order chi connectivity index (χ0) is 20.1. The van der Waals surface area contributed by atoms with Gasteiger partial charge in [0, 0.05) is 12.2 Å². The van der Waals surface area contributed by atoms with Gasteiger partial charge in [-0.25, -0.2) is 9.59 Å². The fourth-order valence-electron chi connectivity index (χ4n) is 1.84. The highest BCUT2D eigenvalue weighted by Gasteiger charge is 2.13. The minimum absolute atomic E-state index is 0.334. The highest BCUT2D eigenvalue weighted by Crippen LogP contribution is 2.16. The second-order valence-corrected chi connectivity index (χ2v) is 5.56. The van der Waals surface area contributed by atoms with Gasteiger partial charge in [-0.05, 0) is 38.4 Å². The molecule has 0 radical (unpaired) electrons. The number of ether oxygens (including phenoxy) is 2. The number of benzene rings is 2. The van der Waals surface area contributed by atoms with Crippen molar-refractivity contribution in [1.82, 2.24) is 4.90 Å². The van der Waals surface area contributed by atoms with Crippen molar-refractivity contribution >= 4 is 11.9 Å². The lowest BCUT2D eigenvalue weighted by Gasteiger charge is -2.23. The molecule has 2 N–H and O–H groups in total. The Morgan fingerprint density at radius 3 is 1.52 bits per heavy atom. The van der Waals surface area contributed by atoms with Gasteiger partial charge in [0.05, 0.1) is 6.54 Å². The van der Waals surface area contributed by atoms with Gasteiger partial charge in [-0.2, -0.15) is 0 Å². The van der Waals surface area contributed by atoms with E-state index in [0.29, 0.717) is 18.7 Å². The van der Waals surface area contributed by atoms with E-state index in [4.69, 9.17) is 19.7 Å². The molecule has 2 aromatic rings. The summed E-state index contributed by atoms with van der Waals surface area (Å²) in [5.74, 6) is -0.893. The monoisotopic (exact) mass is 373 g/mol. The molecular weight excluding hydrogens is 350 g/mol. The highest BCUT2D eigenvalue weighted by molar-refractivity contribution is 5.89. The van der Waals surface area contributed by atoms with Crippen LogP contribution in [0.3, 0.4) is 0 Å². The Hall–Kier alpha value is -3.32. The van der Waals surface area contributed by atoms with E-state index in [9.17, 15) is 9.59 Å². The predicted octanol–water partition coefficient (Wildman–Crippen LogP) is 2.74. The molecule has 144 valence electrons. The smallest absolute Gasteiger partial charge is 0.328 e. The minimum atomic E-state index is -1.26. The van der Waals surface area contributed by atoms with Crippen LogP contribution in [0.1, 0.15) is 0 Å². The van der Waals surface area contributed by atoms with Gasteiger partial charge in [-0.15, -0.1) is 0 Å². The van der Waals surface area contributed by atoms with Gasteiger partial charge in [0.25, 0.3) is 6.29 Å². The third-order valence-electron chi connectivity index (χ3n) is 2.90. The van der Waals surface area contributed by atoms with Crippen LogP contribution in [0, 0.1) is 0 Å². The number of carboxylic acid groups (broad SMARTS) is 2. The second-order valence-electron chi connectivity index (χ2n) is 5.56. The molecule has 27 heavy (non-hydrogen) atoms. The van der Waals surface area contributed by atoms with E-state index in [1.807, 2.05) is 79.7 Å². The van der Waals surface area contributed by atoms with Crippen molar-refractivity contribution in [1.29, 1.82) is 0 Å². The summed E-state index contributed by atoms with van der Waals surface area (Å²) in [5.41, 5.74) is 0. The number of nitrogens with zero attached hydrogens (tertiary/aromatic N) is 1. The van der Waals surface area contributed by atoms with Crippen LogP contribution in [0.2, 0.25) is 0 Å². The summed E-state index contributed by atoms with van der Waals surface area (Å²) in [6, 6.07) is 19.4. The molecule has 0 saturated heterocycles. The molecule has 0 aliphatic rings. The molecule has 0 amide bonds. The molecule has 7 heteroatoms. The Morgan fingerprint density at radius 2 is 1.22 bits per heavy atom. The molecule has 0 aromatic heterocycles. The molecule has 0 bridgehead atoms. The van der Waals surface area contributed by atoms with Gasteiger partial charge in [0.15, 0.2) is 0 Å². The van der Waals surface area contributed by atoms with Crippen LogP contribution in [0.25, 0.3) is 0 Å². The summed E-state index contributed by atoms with van der Waals surface area (Å²) in [7, 11) is 3.99. The SMILES string of the molecule is CN(C)CC(Oc1ccccc1)Oc1ccccc1.O=C(O)/C=C/C(=O)O. The minimum Gasteiger partial charge on any atom is -0.478 e. The summed E-state index contributed by atoms with van der Waals surface area (Å²) < 4.78 is 11.7. The average molecular weight is 373 g/mol. The molecule has 0 spiro atoms. The summed E-state index contributed by atoms with van der Waals surface area (Å²) in [6.45, 7) is 0.684. The lowest BCUT2D eigenvalue weighted by atomic mass is 10.3. The average Bonchev–Trinajstić information content (AvgIpc) is 2.62. The maximum atomic E-state index is 9.55. The van der Waals surface area contributed by atoms with Crippen molar-refractivity contribution < 1.29 is 29.3 Å². The first-order valence-electron chi connectivity index (χ1n) is 8.09. The molecule has 0 atom stereocenters. The topological polar surface area (TPSA) is 96.3 Å². The van der Waals surface area contributed by atoms with Gasteiger partial charge >= 0.3 is 11.9 Å². The predicted molar refractivity (Wildman–Crippen MR) is 101 cm³/mol. The van der Waals surface area contributed by atoms with Crippen LogP contribution >= 0.6 is 0 Å². The molecule has 2 rings (SSSR count). The number of para-hydroxylation sites is 2. The molecule has 0 aliphatic carbocycles. The number of hydrogen-bond donors (Lipinski definition) is 2. The zero-order valence-electron chi connectivity index (χ0n) is 15.2. The quantitative estimate of drug-likeness (QED) is 0.542. The number of aliphatic carboxylic acids is 2. The molecule has 0 heterocycles. The van der Waals surface area contributed by atoms with E-state index in [-0.39, 0.29) is 6.29 Å². The summed E-state index contributed by atoms with van der Waals surface area (Å²) in [4.78, 5) is 21.1. The standard InChI is InChI=1S/C16H19NO2.C4H4O4/c1-17(2)13-16(18-14-9-5-3-6-10-14)19-15-11-7-4-8-12-15;5-3(6)1-2-4(7)8/h3-12,16H,13H2,1-2H3;1-2H,(H,5,6)(H,7,8)/b;2-1+. The van der Waals surface area contributed by atoms with Crippen LogP contribution in [0.5, 0.6) is 11.5 Å². The van der Waals surface area contributed by atoms with E-state index >= 15 is 0 Å². The molecule has 0 fully saturated rings. The Kier molecular flexibility index (Phi) is 9.74. The second kappa shape index (κ2) is 12.1. The number of hydrogen-bond acceptors (Lipinski definition) is 5. The van der Waals surface area contributed by atoms with Gasteiger partial charge in [-0.3, -0.25) is 0 Å². The van der Waals surface area contributed by atoms with Crippen LogP contribution < -0.4 is 9.47 Å². The van der Waals surface area contributed by atoms with Gasteiger partial charge in [-0.1, -0.05) is 36.4 Å².